The Morgan fingerprint density at radius 2 is 2.11 bits per heavy atom. The number of halogens is 4. The second-order valence-corrected chi connectivity index (χ2v) is 5.07. The molecule has 4 nitrogen and oxygen atoms in total. The van der Waals surface area contributed by atoms with Crippen molar-refractivity contribution in [3.05, 3.63) is 42.2 Å². The van der Waals surface area contributed by atoms with Gasteiger partial charge < -0.3 is 0 Å². The summed E-state index contributed by atoms with van der Waals surface area (Å²) < 4.78 is 14.2. The summed E-state index contributed by atoms with van der Waals surface area (Å²) in [4.78, 5) is 13.8. The summed E-state index contributed by atoms with van der Waals surface area (Å²) in [6, 6.07) is 1.52. The molecule has 0 aliphatic heterocycles. The molecule has 0 aliphatic rings. The lowest BCUT2D eigenvalue weighted by Gasteiger charge is -2.07. The third kappa shape index (κ3) is 1.94. The van der Waals surface area contributed by atoms with Crippen molar-refractivity contribution in [1.29, 1.82) is 0 Å². The number of benzene rings is 1. The van der Waals surface area contributed by atoms with Gasteiger partial charge in [-0.2, -0.15) is 0 Å². The standard InChI is InChI=1S/C10H4BrCl2FN2O2/c1-3-2-4-6(12)9(16(17)18)10(13)15-8(4)7(14)5(3)11/h2H,1H3. The van der Waals surface area contributed by atoms with Gasteiger partial charge in [0.05, 0.1) is 9.40 Å². The zero-order valence-electron chi connectivity index (χ0n) is 8.80. The third-order valence-corrected chi connectivity index (χ3v) is 4.01. The lowest BCUT2D eigenvalue weighted by Crippen LogP contribution is -1.97. The van der Waals surface area contributed by atoms with E-state index in [9.17, 15) is 14.5 Å². The average molecular weight is 354 g/mol. The minimum Gasteiger partial charge on any atom is -0.258 e. The van der Waals surface area contributed by atoms with E-state index in [0.717, 1.165) is 0 Å². The number of nitrogens with zero attached hydrogens (tertiary/aromatic N) is 2. The van der Waals surface area contributed by atoms with Crippen molar-refractivity contribution in [2.45, 2.75) is 6.92 Å². The highest BCUT2D eigenvalue weighted by Gasteiger charge is 2.25. The molecule has 0 saturated heterocycles. The van der Waals surface area contributed by atoms with Crippen LogP contribution in [0.25, 0.3) is 10.9 Å². The summed E-state index contributed by atoms with van der Waals surface area (Å²) >= 11 is 14.6. The second-order valence-electron chi connectivity index (χ2n) is 3.54. The number of aryl methyl sites for hydroxylation is 1. The molecule has 1 heterocycles. The van der Waals surface area contributed by atoms with E-state index in [4.69, 9.17) is 23.2 Å². The largest absolute Gasteiger partial charge is 0.325 e. The first-order valence-corrected chi connectivity index (χ1v) is 6.17. The fourth-order valence-corrected chi connectivity index (χ4v) is 2.45. The van der Waals surface area contributed by atoms with Gasteiger partial charge in [-0.3, -0.25) is 10.1 Å². The Hall–Kier alpha value is -0.980. The summed E-state index contributed by atoms with van der Waals surface area (Å²) in [6.07, 6.45) is 0. The highest BCUT2D eigenvalue weighted by atomic mass is 79.9. The van der Waals surface area contributed by atoms with E-state index in [1.165, 1.54) is 6.07 Å². The van der Waals surface area contributed by atoms with Gasteiger partial charge in [-0.1, -0.05) is 23.2 Å². The first kappa shape index (κ1) is 13.5. The minimum absolute atomic E-state index is 0.104. The van der Waals surface area contributed by atoms with Crippen LogP contribution in [0.2, 0.25) is 10.2 Å². The number of rotatable bonds is 1. The maximum Gasteiger partial charge on any atom is 0.325 e. The Morgan fingerprint density at radius 1 is 1.50 bits per heavy atom. The number of pyridine rings is 1. The maximum absolute atomic E-state index is 14.0. The van der Waals surface area contributed by atoms with Crippen LogP contribution in [0.3, 0.4) is 0 Å². The van der Waals surface area contributed by atoms with E-state index in [0.29, 0.717) is 5.56 Å². The Kier molecular flexibility index (Phi) is 3.44. The monoisotopic (exact) mass is 352 g/mol. The van der Waals surface area contributed by atoms with Crippen molar-refractivity contribution < 1.29 is 9.31 Å². The Balaban J connectivity index is 3.01. The number of fused-ring (bicyclic) bond motifs is 1. The van der Waals surface area contributed by atoms with Crippen molar-refractivity contribution in [2.24, 2.45) is 0 Å². The van der Waals surface area contributed by atoms with Gasteiger partial charge in [-0.05, 0) is 34.5 Å². The fourth-order valence-electron chi connectivity index (χ4n) is 1.54. The zero-order chi connectivity index (χ0) is 13.6. The Bertz CT molecular complexity index is 694. The van der Waals surface area contributed by atoms with Crippen LogP contribution in [0.15, 0.2) is 10.5 Å². The van der Waals surface area contributed by atoms with E-state index in [1.54, 1.807) is 6.92 Å². The number of hydrogen-bond acceptors (Lipinski definition) is 3. The summed E-state index contributed by atoms with van der Waals surface area (Å²) in [5.74, 6) is -0.649. The molecule has 1 aromatic heterocycles. The first-order chi connectivity index (χ1) is 8.34. The van der Waals surface area contributed by atoms with E-state index >= 15 is 0 Å². The lowest BCUT2D eigenvalue weighted by atomic mass is 10.1. The molecule has 0 atom stereocenters. The minimum atomic E-state index is -0.744. The van der Waals surface area contributed by atoms with E-state index < -0.39 is 21.6 Å². The smallest absolute Gasteiger partial charge is 0.258 e. The molecule has 0 bridgehead atoms. The zero-order valence-corrected chi connectivity index (χ0v) is 11.9. The molecule has 0 radical (unpaired) electrons. The van der Waals surface area contributed by atoms with Crippen LogP contribution in [0.4, 0.5) is 10.1 Å². The summed E-state index contributed by atoms with van der Waals surface area (Å²) in [6.45, 7) is 1.64. The molecule has 18 heavy (non-hydrogen) atoms. The summed E-state index contributed by atoms with van der Waals surface area (Å²) in [5, 5.41) is 10.3. The quantitative estimate of drug-likeness (QED) is 0.425. The third-order valence-electron chi connectivity index (χ3n) is 2.40. The van der Waals surface area contributed by atoms with Gasteiger partial charge >= 0.3 is 5.69 Å². The van der Waals surface area contributed by atoms with Gasteiger partial charge in [0.25, 0.3) is 0 Å². The van der Waals surface area contributed by atoms with Gasteiger partial charge in [-0.15, -0.1) is 0 Å². The molecule has 2 aromatic rings. The Labute approximate surface area is 119 Å². The highest BCUT2D eigenvalue weighted by Crippen LogP contribution is 2.39. The SMILES string of the molecule is Cc1cc2c(Cl)c([N+](=O)[O-])c(Cl)nc2c(F)c1Br. The lowest BCUT2D eigenvalue weighted by molar-refractivity contribution is -0.384. The molecule has 0 saturated carbocycles. The molecule has 8 heteroatoms. The average Bonchev–Trinajstić information content (AvgIpc) is 2.28. The molecular formula is C10H4BrCl2FN2O2. The molecule has 0 fully saturated rings. The van der Waals surface area contributed by atoms with Crippen LogP contribution in [0.5, 0.6) is 0 Å². The van der Waals surface area contributed by atoms with Crippen LogP contribution < -0.4 is 0 Å². The molecule has 0 amide bonds. The van der Waals surface area contributed by atoms with E-state index in [2.05, 4.69) is 20.9 Å². The molecule has 94 valence electrons. The number of aromatic nitrogens is 1. The second kappa shape index (κ2) is 4.60. The summed E-state index contributed by atoms with van der Waals surface area (Å²) in [7, 11) is 0. The predicted molar refractivity (Wildman–Crippen MR) is 70.8 cm³/mol. The molecule has 0 aliphatic carbocycles. The van der Waals surface area contributed by atoms with E-state index in [-0.39, 0.29) is 20.4 Å². The normalized spacial score (nSPS) is 10.9. The van der Waals surface area contributed by atoms with Gasteiger partial charge in [0.15, 0.2) is 5.82 Å². The van der Waals surface area contributed by atoms with Crippen molar-refractivity contribution in [3.63, 3.8) is 0 Å². The van der Waals surface area contributed by atoms with Crippen LogP contribution >= 0.6 is 39.1 Å². The molecule has 1 aromatic carbocycles. The van der Waals surface area contributed by atoms with Crippen molar-refractivity contribution in [3.8, 4) is 0 Å². The van der Waals surface area contributed by atoms with Crippen LogP contribution in [-0.4, -0.2) is 9.91 Å². The molecule has 0 unspecified atom stereocenters. The molecule has 0 spiro atoms. The van der Waals surface area contributed by atoms with Crippen LogP contribution in [-0.2, 0) is 0 Å². The predicted octanol–water partition coefficient (Wildman–Crippen LogP) is 4.66. The van der Waals surface area contributed by atoms with Gasteiger partial charge in [0, 0.05) is 5.39 Å². The molecular weight excluding hydrogens is 350 g/mol. The molecule has 0 N–H and O–H groups in total. The fraction of sp³-hybridized carbons (Fsp3) is 0.100. The van der Waals surface area contributed by atoms with Crippen molar-refractivity contribution in [2.75, 3.05) is 0 Å². The molecule has 2 rings (SSSR count). The van der Waals surface area contributed by atoms with Gasteiger partial charge in [-0.25, -0.2) is 9.37 Å². The van der Waals surface area contributed by atoms with Gasteiger partial charge in [0.2, 0.25) is 5.15 Å². The van der Waals surface area contributed by atoms with E-state index in [1.807, 2.05) is 0 Å². The first-order valence-electron chi connectivity index (χ1n) is 4.62. The van der Waals surface area contributed by atoms with Crippen LogP contribution in [0.1, 0.15) is 5.56 Å². The van der Waals surface area contributed by atoms with Crippen molar-refractivity contribution >= 4 is 55.7 Å². The van der Waals surface area contributed by atoms with Crippen LogP contribution in [0, 0.1) is 22.9 Å². The number of hydrogen-bond donors (Lipinski definition) is 0. The highest BCUT2D eigenvalue weighted by molar-refractivity contribution is 9.10. The van der Waals surface area contributed by atoms with Crippen molar-refractivity contribution in [1.82, 2.24) is 4.98 Å². The summed E-state index contributed by atoms with van der Waals surface area (Å²) in [5.41, 5.74) is -0.0691. The number of nitro groups is 1. The Morgan fingerprint density at radius 3 is 2.67 bits per heavy atom. The van der Waals surface area contributed by atoms with Gasteiger partial charge in [0.1, 0.15) is 10.5 Å². The maximum atomic E-state index is 14.0. The topological polar surface area (TPSA) is 56.0 Å².